The summed E-state index contributed by atoms with van der Waals surface area (Å²) in [6, 6.07) is 3.76. The van der Waals surface area contributed by atoms with E-state index in [-0.39, 0.29) is 6.04 Å². The number of rotatable bonds is 2. The van der Waals surface area contributed by atoms with Crippen molar-refractivity contribution in [3.05, 3.63) is 28.3 Å². The van der Waals surface area contributed by atoms with Crippen LogP contribution in [-0.2, 0) is 0 Å². The molecule has 1 rings (SSSR count). The lowest BCUT2D eigenvalue weighted by Crippen LogP contribution is -2.10. The minimum atomic E-state index is 0.00630. The van der Waals surface area contributed by atoms with E-state index in [1.165, 1.54) is 0 Å². The largest absolute Gasteiger partial charge is 0.398 e. The molecular formula is C10H15ClN2. The van der Waals surface area contributed by atoms with Crippen molar-refractivity contribution in [1.29, 1.82) is 0 Å². The van der Waals surface area contributed by atoms with E-state index in [0.29, 0.717) is 5.02 Å². The van der Waals surface area contributed by atoms with Gasteiger partial charge in [-0.15, -0.1) is 0 Å². The van der Waals surface area contributed by atoms with Crippen molar-refractivity contribution in [3.63, 3.8) is 0 Å². The Kier molecular flexibility index (Phi) is 3.17. The molecule has 0 aliphatic heterocycles. The molecule has 0 saturated carbocycles. The van der Waals surface area contributed by atoms with E-state index in [9.17, 15) is 0 Å². The van der Waals surface area contributed by atoms with Gasteiger partial charge in [-0.05, 0) is 30.5 Å². The molecule has 0 bridgehead atoms. The predicted molar refractivity (Wildman–Crippen MR) is 57.8 cm³/mol. The highest BCUT2D eigenvalue weighted by molar-refractivity contribution is 6.32. The molecule has 1 unspecified atom stereocenters. The molecule has 3 heteroatoms. The van der Waals surface area contributed by atoms with Gasteiger partial charge in [-0.3, -0.25) is 0 Å². The third-order valence-electron chi connectivity index (χ3n) is 2.30. The van der Waals surface area contributed by atoms with Crippen molar-refractivity contribution in [2.24, 2.45) is 5.73 Å². The summed E-state index contributed by atoms with van der Waals surface area (Å²) < 4.78 is 0. The Morgan fingerprint density at radius 3 is 2.62 bits per heavy atom. The Morgan fingerprint density at radius 1 is 1.46 bits per heavy atom. The molecule has 1 atom stereocenters. The second kappa shape index (κ2) is 3.99. The van der Waals surface area contributed by atoms with Crippen molar-refractivity contribution in [1.82, 2.24) is 0 Å². The first-order valence-corrected chi connectivity index (χ1v) is 4.75. The van der Waals surface area contributed by atoms with Crippen LogP contribution in [0, 0.1) is 6.92 Å². The zero-order chi connectivity index (χ0) is 10.0. The van der Waals surface area contributed by atoms with Crippen LogP contribution in [0.1, 0.15) is 30.5 Å². The van der Waals surface area contributed by atoms with Crippen molar-refractivity contribution >= 4 is 17.3 Å². The van der Waals surface area contributed by atoms with E-state index in [1.807, 2.05) is 26.0 Å². The highest BCUT2D eigenvalue weighted by Crippen LogP contribution is 2.29. The van der Waals surface area contributed by atoms with Crippen LogP contribution in [0.3, 0.4) is 0 Å². The quantitative estimate of drug-likeness (QED) is 0.718. The van der Waals surface area contributed by atoms with Crippen molar-refractivity contribution < 1.29 is 0 Å². The molecule has 1 aromatic carbocycles. The average Bonchev–Trinajstić information content (AvgIpc) is 2.13. The van der Waals surface area contributed by atoms with Gasteiger partial charge in [0.05, 0.1) is 5.02 Å². The Bertz CT molecular complexity index is 310. The molecule has 4 N–H and O–H groups in total. The maximum atomic E-state index is 6.11. The number of benzene rings is 1. The van der Waals surface area contributed by atoms with Gasteiger partial charge in [0.1, 0.15) is 0 Å². The Morgan fingerprint density at radius 2 is 2.08 bits per heavy atom. The van der Waals surface area contributed by atoms with Crippen molar-refractivity contribution in [2.45, 2.75) is 26.3 Å². The maximum Gasteiger partial charge on any atom is 0.0503 e. The standard InChI is InChI=1S/C10H15ClN2/c1-3-8(12)7-4-5-9(13)6(2)10(7)11/h4-5,8H,3,12-13H2,1-2H3. The van der Waals surface area contributed by atoms with Gasteiger partial charge in [0.15, 0.2) is 0 Å². The molecule has 0 aliphatic rings. The first kappa shape index (κ1) is 10.4. The van der Waals surface area contributed by atoms with E-state index in [2.05, 4.69) is 0 Å². The average molecular weight is 199 g/mol. The normalized spacial score (nSPS) is 12.9. The zero-order valence-electron chi connectivity index (χ0n) is 7.97. The van der Waals surface area contributed by atoms with Crippen LogP contribution in [0.5, 0.6) is 0 Å². The third-order valence-corrected chi connectivity index (χ3v) is 2.80. The number of anilines is 1. The molecule has 13 heavy (non-hydrogen) atoms. The van der Waals surface area contributed by atoms with Gasteiger partial charge in [-0.2, -0.15) is 0 Å². The fraction of sp³-hybridized carbons (Fsp3) is 0.400. The van der Waals surface area contributed by atoms with E-state index < -0.39 is 0 Å². The summed E-state index contributed by atoms with van der Waals surface area (Å²) in [6.45, 7) is 3.94. The molecule has 0 spiro atoms. The number of nitrogen functional groups attached to an aromatic ring is 1. The van der Waals surface area contributed by atoms with Gasteiger partial charge in [0.25, 0.3) is 0 Å². The molecule has 0 heterocycles. The Labute approximate surface area is 83.9 Å². The first-order valence-electron chi connectivity index (χ1n) is 4.38. The van der Waals surface area contributed by atoms with Gasteiger partial charge in [0.2, 0.25) is 0 Å². The lowest BCUT2D eigenvalue weighted by molar-refractivity contribution is 0.698. The van der Waals surface area contributed by atoms with Gasteiger partial charge in [0, 0.05) is 11.7 Å². The molecule has 0 aliphatic carbocycles. The number of hydrogen-bond acceptors (Lipinski definition) is 2. The minimum absolute atomic E-state index is 0.00630. The third kappa shape index (κ3) is 1.95. The topological polar surface area (TPSA) is 52.0 Å². The lowest BCUT2D eigenvalue weighted by atomic mass is 10.0. The van der Waals surface area contributed by atoms with Crippen LogP contribution < -0.4 is 11.5 Å². The summed E-state index contributed by atoms with van der Waals surface area (Å²) in [4.78, 5) is 0. The first-order chi connectivity index (χ1) is 6.07. The summed E-state index contributed by atoms with van der Waals surface area (Å²) in [5.74, 6) is 0. The minimum Gasteiger partial charge on any atom is -0.398 e. The zero-order valence-corrected chi connectivity index (χ0v) is 8.73. The van der Waals surface area contributed by atoms with E-state index >= 15 is 0 Å². The number of nitrogens with two attached hydrogens (primary N) is 2. The maximum absolute atomic E-state index is 6.11. The van der Waals surface area contributed by atoms with Gasteiger partial charge in [-0.1, -0.05) is 24.6 Å². The molecule has 0 radical (unpaired) electrons. The van der Waals surface area contributed by atoms with E-state index in [4.69, 9.17) is 23.1 Å². The van der Waals surface area contributed by atoms with Crippen LogP contribution in [0.2, 0.25) is 5.02 Å². The second-order valence-electron chi connectivity index (χ2n) is 3.20. The Balaban J connectivity index is 3.18. The molecule has 0 fully saturated rings. The monoisotopic (exact) mass is 198 g/mol. The van der Waals surface area contributed by atoms with Gasteiger partial charge < -0.3 is 11.5 Å². The summed E-state index contributed by atoms with van der Waals surface area (Å²) >= 11 is 6.11. The summed E-state index contributed by atoms with van der Waals surface area (Å²) in [5.41, 5.74) is 14.2. The smallest absolute Gasteiger partial charge is 0.0503 e. The molecule has 0 aromatic heterocycles. The summed E-state index contributed by atoms with van der Waals surface area (Å²) in [6.07, 6.45) is 0.878. The molecule has 0 saturated heterocycles. The SMILES string of the molecule is CCC(N)c1ccc(N)c(C)c1Cl. The fourth-order valence-electron chi connectivity index (χ4n) is 1.23. The van der Waals surface area contributed by atoms with Crippen LogP contribution in [0.25, 0.3) is 0 Å². The molecule has 72 valence electrons. The number of hydrogen-bond donors (Lipinski definition) is 2. The predicted octanol–water partition coefficient (Wildman–Crippen LogP) is 2.64. The van der Waals surface area contributed by atoms with E-state index in [0.717, 1.165) is 23.2 Å². The van der Waals surface area contributed by atoms with Crippen LogP contribution in [0.4, 0.5) is 5.69 Å². The fourth-order valence-corrected chi connectivity index (χ4v) is 1.54. The molecule has 2 nitrogen and oxygen atoms in total. The van der Waals surface area contributed by atoms with Crippen LogP contribution >= 0.6 is 11.6 Å². The number of halogens is 1. The summed E-state index contributed by atoms with van der Waals surface area (Å²) in [5, 5.41) is 0.703. The highest BCUT2D eigenvalue weighted by atomic mass is 35.5. The van der Waals surface area contributed by atoms with Crippen molar-refractivity contribution in [2.75, 3.05) is 5.73 Å². The van der Waals surface area contributed by atoms with Crippen LogP contribution in [0.15, 0.2) is 12.1 Å². The molecule has 0 amide bonds. The van der Waals surface area contributed by atoms with Crippen molar-refractivity contribution in [3.8, 4) is 0 Å². The van der Waals surface area contributed by atoms with Gasteiger partial charge in [-0.25, -0.2) is 0 Å². The summed E-state index contributed by atoms with van der Waals surface area (Å²) in [7, 11) is 0. The second-order valence-corrected chi connectivity index (χ2v) is 3.58. The highest BCUT2D eigenvalue weighted by Gasteiger charge is 2.10. The molecule has 1 aromatic rings. The van der Waals surface area contributed by atoms with Gasteiger partial charge >= 0.3 is 0 Å². The van der Waals surface area contributed by atoms with E-state index in [1.54, 1.807) is 0 Å². The molecular weight excluding hydrogens is 184 g/mol. The Hall–Kier alpha value is -0.730. The lowest BCUT2D eigenvalue weighted by Gasteiger charge is -2.14. The van der Waals surface area contributed by atoms with Crippen LogP contribution in [-0.4, -0.2) is 0 Å².